The molecular weight excluding hydrogens is 448 g/mol. The predicted molar refractivity (Wildman–Crippen MR) is 128 cm³/mol. The molecule has 2 aromatic rings. The molecule has 1 saturated heterocycles. The molecule has 2 atom stereocenters. The van der Waals surface area contributed by atoms with Crippen LogP contribution in [0.4, 0.5) is 0 Å². The second-order valence-electron chi connectivity index (χ2n) is 8.75. The van der Waals surface area contributed by atoms with E-state index in [0.717, 1.165) is 23.3 Å². The summed E-state index contributed by atoms with van der Waals surface area (Å²) in [6.45, 7) is 2.46. The van der Waals surface area contributed by atoms with Crippen LogP contribution in [0, 0.1) is 5.92 Å². The number of imide groups is 1. The number of likely N-dealkylation sites (tertiary alicyclic amines) is 1. The molecule has 0 spiro atoms. The number of benzene rings is 2. The maximum Gasteiger partial charge on any atom is 0.311 e. The molecule has 8 nitrogen and oxygen atoms in total. The van der Waals surface area contributed by atoms with Gasteiger partial charge in [0.05, 0.1) is 36.7 Å². The van der Waals surface area contributed by atoms with E-state index in [1.807, 2.05) is 24.3 Å². The van der Waals surface area contributed by atoms with Crippen molar-refractivity contribution in [2.45, 2.75) is 38.6 Å². The fourth-order valence-corrected chi connectivity index (χ4v) is 4.87. The van der Waals surface area contributed by atoms with E-state index in [1.54, 1.807) is 36.3 Å². The first kappa shape index (κ1) is 24.4. The Morgan fingerprint density at radius 3 is 2.29 bits per heavy atom. The van der Waals surface area contributed by atoms with Gasteiger partial charge in [-0.3, -0.25) is 24.1 Å². The Hall–Kier alpha value is -3.68. The monoisotopic (exact) mass is 478 g/mol. The Kier molecular flexibility index (Phi) is 7.48. The van der Waals surface area contributed by atoms with Gasteiger partial charge in [-0.2, -0.15) is 0 Å². The van der Waals surface area contributed by atoms with E-state index in [2.05, 4.69) is 6.92 Å². The quantitative estimate of drug-likeness (QED) is 0.404. The molecule has 2 aliphatic heterocycles. The van der Waals surface area contributed by atoms with Crippen LogP contribution in [0.1, 0.15) is 64.9 Å². The molecule has 35 heavy (non-hydrogen) atoms. The minimum Gasteiger partial charge on any atom is -0.496 e. The summed E-state index contributed by atoms with van der Waals surface area (Å²) in [6, 6.07) is 13.5. The molecule has 0 radical (unpaired) electrons. The highest BCUT2D eigenvalue weighted by Gasteiger charge is 2.42. The first-order valence-electron chi connectivity index (χ1n) is 12.0. The normalized spacial score (nSPS) is 19.7. The summed E-state index contributed by atoms with van der Waals surface area (Å²) in [5, 5.41) is 0. The Labute approximate surface area is 204 Å². The molecule has 0 bridgehead atoms. The number of piperidine rings is 1. The zero-order valence-corrected chi connectivity index (χ0v) is 20.1. The molecular formula is C27H30N2O6. The number of ether oxygens (including phenoxy) is 2. The predicted octanol–water partition coefficient (Wildman–Crippen LogP) is 3.61. The van der Waals surface area contributed by atoms with Crippen molar-refractivity contribution < 1.29 is 28.7 Å². The van der Waals surface area contributed by atoms with E-state index >= 15 is 0 Å². The lowest BCUT2D eigenvalue weighted by atomic mass is 9.83. The lowest BCUT2D eigenvalue weighted by Gasteiger charge is -2.41. The van der Waals surface area contributed by atoms with Gasteiger partial charge in [-0.25, -0.2) is 0 Å². The SMILES string of the molecule is CCCCN1C(=O)CC[C@@H](C(=O)OCCN2C(=O)c3ccccc3C2=O)[C@H]1c1ccccc1OC. The topological polar surface area (TPSA) is 93.2 Å². The highest BCUT2D eigenvalue weighted by molar-refractivity contribution is 6.21. The molecule has 1 fully saturated rings. The van der Waals surface area contributed by atoms with Crippen LogP contribution in [0.25, 0.3) is 0 Å². The van der Waals surface area contributed by atoms with E-state index in [9.17, 15) is 19.2 Å². The second-order valence-corrected chi connectivity index (χ2v) is 8.75. The van der Waals surface area contributed by atoms with Crippen molar-refractivity contribution in [3.05, 3.63) is 65.2 Å². The number of para-hydroxylation sites is 1. The molecule has 0 unspecified atom stereocenters. The van der Waals surface area contributed by atoms with Crippen molar-refractivity contribution in [1.82, 2.24) is 9.80 Å². The maximum absolute atomic E-state index is 13.3. The summed E-state index contributed by atoms with van der Waals surface area (Å²) in [7, 11) is 1.56. The lowest BCUT2D eigenvalue weighted by Crippen LogP contribution is -2.46. The molecule has 2 aromatic carbocycles. The number of amides is 3. The fraction of sp³-hybridized carbons (Fsp3) is 0.407. The number of rotatable bonds is 9. The number of hydrogen-bond acceptors (Lipinski definition) is 6. The van der Waals surface area contributed by atoms with Gasteiger partial charge in [0.1, 0.15) is 12.4 Å². The summed E-state index contributed by atoms with van der Waals surface area (Å²) in [5.41, 5.74) is 1.48. The average Bonchev–Trinajstić information content (AvgIpc) is 3.12. The van der Waals surface area contributed by atoms with Gasteiger partial charge < -0.3 is 14.4 Å². The number of unbranched alkanes of at least 4 members (excludes halogenated alkanes) is 1. The average molecular weight is 479 g/mol. The number of esters is 1. The number of carbonyl (C=O) groups excluding carboxylic acids is 4. The minimum atomic E-state index is -0.581. The van der Waals surface area contributed by atoms with Gasteiger partial charge in [-0.05, 0) is 31.0 Å². The lowest BCUT2D eigenvalue weighted by molar-refractivity contribution is -0.157. The van der Waals surface area contributed by atoms with Crippen LogP contribution in [0.3, 0.4) is 0 Å². The van der Waals surface area contributed by atoms with Crippen molar-refractivity contribution in [3.63, 3.8) is 0 Å². The van der Waals surface area contributed by atoms with Crippen LogP contribution < -0.4 is 4.74 Å². The summed E-state index contributed by atoms with van der Waals surface area (Å²) < 4.78 is 11.1. The summed E-state index contributed by atoms with van der Waals surface area (Å²) in [6.07, 6.45) is 2.35. The van der Waals surface area contributed by atoms with E-state index in [1.165, 1.54) is 0 Å². The molecule has 8 heteroatoms. The first-order chi connectivity index (χ1) is 17.0. The van der Waals surface area contributed by atoms with E-state index in [0.29, 0.717) is 29.8 Å². The third kappa shape index (κ3) is 4.78. The van der Waals surface area contributed by atoms with Crippen LogP contribution in [-0.2, 0) is 14.3 Å². The Morgan fingerprint density at radius 1 is 0.971 bits per heavy atom. The van der Waals surface area contributed by atoms with Gasteiger partial charge in [-0.15, -0.1) is 0 Å². The fourth-order valence-electron chi connectivity index (χ4n) is 4.87. The summed E-state index contributed by atoms with van der Waals surface area (Å²) in [5.74, 6) is -1.19. The van der Waals surface area contributed by atoms with Crippen LogP contribution in [-0.4, -0.2) is 60.3 Å². The van der Waals surface area contributed by atoms with Crippen molar-refractivity contribution in [3.8, 4) is 5.75 Å². The second kappa shape index (κ2) is 10.7. The third-order valence-corrected chi connectivity index (χ3v) is 6.66. The van der Waals surface area contributed by atoms with Gasteiger partial charge in [0.2, 0.25) is 5.91 Å². The number of methoxy groups -OCH3 is 1. The van der Waals surface area contributed by atoms with Gasteiger partial charge in [0, 0.05) is 18.5 Å². The van der Waals surface area contributed by atoms with E-state index in [-0.39, 0.29) is 37.3 Å². The van der Waals surface area contributed by atoms with Crippen LogP contribution >= 0.6 is 0 Å². The van der Waals surface area contributed by atoms with Crippen molar-refractivity contribution in [2.75, 3.05) is 26.8 Å². The third-order valence-electron chi connectivity index (χ3n) is 6.66. The van der Waals surface area contributed by atoms with Gasteiger partial charge in [0.15, 0.2) is 0 Å². The highest BCUT2D eigenvalue weighted by atomic mass is 16.5. The Morgan fingerprint density at radius 2 is 1.63 bits per heavy atom. The molecule has 3 amide bonds. The number of carbonyl (C=O) groups is 4. The van der Waals surface area contributed by atoms with Gasteiger partial charge in [0.25, 0.3) is 11.8 Å². The number of hydrogen-bond donors (Lipinski definition) is 0. The van der Waals surface area contributed by atoms with Crippen LogP contribution in [0.15, 0.2) is 48.5 Å². The summed E-state index contributed by atoms with van der Waals surface area (Å²) >= 11 is 0. The van der Waals surface area contributed by atoms with Crippen LogP contribution in [0.5, 0.6) is 5.75 Å². The van der Waals surface area contributed by atoms with Crippen LogP contribution in [0.2, 0.25) is 0 Å². The number of nitrogens with zero attached hydrogens (tertiary/aromatic N) is 2. The standard InChI is InChI=1S/C27H30N2O6/c1-3-4-15-28-23(30)14-13-21(24(28)20-11-7-8-12-22(20)34-2)27(33)35-17-16-29-25(31)18-9-5-6-10-19(18)26(29)32/h5-12,21,24H,3-4,13-17H2,1-2H3/t21-,24-/m1/s1. The van der Waals surface area contributed by atoms with Gasteiger partial charge in [-0.1, -0.05) is 43.7 Å². The Bertz CT molecular complexity index is 1100. The molecule has 2 heterocycles. The van der Waals surface area contributed by atoms with E-state index in [4.69, 9.17) is 9.47 Å². The maximum atomic E-state index is 13.3. The minimum absolute atomic E-state index is 0.00410. The molecule has 0 saturated carbocycles. The Balaban J connectivity index is 1.49. The van der Waals surface area contributed by atoms with Gasteiger partial charge >= 0.3 is 5.97 Å². The molecule has 0 N–H and O–H groups in total. The smallest absolute Gasteiger partial charge is 0.311 e. The zero-order chi connectivity index (χ0) is 24.9. The molecule has 0 aliphatic carbocycles. The zero-order valence-electron chi connectivity index (χ0n) is 20.1. The van der Waals surface area contributed by atoms with E-state index < -0.39 is 17.9 Å². The first-order valence-corrected chi connectivity index (χ1v) is 12.0. The summed E-state index contributed by atoms with van der Waals surface area (Å²) in [4.78, 5) is 54.2. The highest BCUT2D eigenvalue weighted by Crippen LogP contribution is 2.41. The molecule has 4 rings (SSSR count). The molecule has 0 aromatic heterocycles. The largest absolute Gasteiger partial charge is 0.496 e. The number of fused-ring (bicyclic) bond motifs is 1. The van der Waals surface area contributed by atoms with Crippen molar-refractivity contribution in [2.24, 2.45) is 5.92 Å². The van der Waals surface area contributed by atoms with Crippen molar-refractivity contribution in [1.29, 1.82) is 0 Å². The molecule has 184 valence electrons. The molecule has 2 aliphatic rings. The van der Waals surface area contributed by atoms with Crippen molar-refractivity contribution >= 4 is 23.7 Å².